The lowest BCUT2D eigenvalue weighted by Crippen LogP contribution is -2.21. The Morgan fingerprint density at radius 1 is 1.35 bits per heavy atom. The summed E-state index contributed by atoms with van der Waals surface area (Å²) >= 11 is 0. The van der Waals surface area contributed by atoms with E-state index in [4.69, 9.17) is 5.73 Å². The van der Waals surface area contributed by atoms with Crippen LogP contribution in [0, 0.1) is 0 Å². The van der Waals surface area contributed by atoms with Crippen LogP contribution in [0.3, 0.4) is 0 Å². The molecule has 6 heteroatoms. The summed E-state index contributed by atoms with van der Waals surface area (Å²) in [6, 6.07) is 9.79. The van der Waals surface area contributed by atoms with Crippen molar-refractivity contribution in [1.29, 1.82) is 0 Å². The zero-order valence-electron chi connectivity index (χ0n) is 12.8. The van der Waals surface area contributed by atoms with Crippen molar-refractivity contribution in [2.45, 2.75) is 13.5 Å². The van der Waals surface area contributed by atoms with E-state index < -0.39 is 11.7 Å². The molecule has 0 bridgehead atoms. The molecule has 0 atom stereocenters. The predicted octanol–water partition coefficient (Wildman–Crippen LogP) is 1.86. The topological polar surface area (TPSA) is 90.0 Å². The minimum absolute atomic E-state index is 0.185. The molecule has 23 heavy (non-hydrogen) atoms. The van der Waals surface area contributed by atoms with Gasteiger partial charge in [-0.25, -0.2) is 0 Å². The summed E-state index contributed by atoms with van der Waals surface area (Å²) in [6.45, 7) is 5.84. The van der Waals surface area contributed by atoms with Gasteiger partial charge in [0.1, 0.15) is 0 Å². The maximum atomic E-state index is 11.8. The number of carbonyl (C=O) groups is 2. The van der Waals surface area contributed by atoms with Gasteiger partial charge in [-0.1, -0.05) is 36.9 Å². The average molecular weight is 310 g/mol. The summed E-state index contributed by atoms with van der Waals surface area (Å²) in [7, 11) is 0. The second-order valence-corrected chi connectivity index (χ2v) is 5.11. The molecule has 1 aromatic heterocycles. The number of rotatable bonds is 6. The van der Waals surface area contributed by atoms with E-state index in [-0.39, 0.29) is 5.70 Å². The third-order valence-electron chi connectivity index (χ3n) is 3.08. The van der Waals surface area contributed by atoms with Crippen molar-refractivity contribution in [3.05, 3.63) is 72.2 Å². The number of allylic oxidation sites excluding steroid dienone is 1. The van der Waals surface area contributed by atoms with Crippen molar-refractivity contribution in [1.82, 2.24) is 9.78 Å². The van der Waals surface area contributed by atoms with Crippen LogP contribution in [0.25, 0.3) is 0 Å². The maximum Gasteiger partial charge on any atom is 0.296 e. The Morgan fingerprint density at radius 3 is 2.70 bits per heavy atom. The van der Waals surface area contributed by atoms with Crippen LogP contribution in [0.2, 0.25) is 0 Å². The lowest BCUT2D eigenvalue weighted by Gasteiger charge is -2.02. The van der Waals surface area contributed by atoms with Crippen molar-refractivity contribution in [3.63, 3.8) is 0 Å². The van der Waals surface area contributed by atoms with Gasteiger partial charge in [0.2, 0.25) is 5.78 Å². The van der Waals surface area contributed by atoms with Crippen LogP contribution in [-0.4, -0.2) is 21.5 Å². The van der Waals surface area contributed by atoms with Crippen LogP contribution in [0.1, 0.15) is 12.5 Å². The minimum atomic E-state index is -0.770. The Labute approximate surface area is 134 Å². The zero-order chi connectivity index (χ0) is 16.8. The summed E-state index contributed by atoms with van der Waals surface area (Å²) in [5.74, 6) is -1.50. The molecule has 0 saturated carbocycles. The third-order valence-corrected chi connectivity index (χ3v) is 3.08. The van der Waals surface area contributed by atoms with E-state index in [2.05, 4.69) is 17.0 Å². The van der Waals surface area contributed by atoms with E-state index in [1.165, 1.54) is 6.20 Å². The summed E-state index contributed by atoms with van der Waals surface area (Å²) < 4.78 is 1.67. The van der Waals surface area contributed by atoms with Crippen LogP contribution < -0.4 is 11.1 Å². The molecule has 1 aromatic carbocycles. The van der Waals surface area contributed by atoms with Crippen molar-refractivity contribution in [3.8, 4) is 0 Å². The smallest absolute Gasteiger partial charge is 0.296 e. The predicted molar refractivity (Wildman–Crippen MR) is 88.5 cm³/mol. The number of nitrogens with two attached hydrogens (primary N) is 1. The monoisotopic (exact) mass is 310 g/mol. The van der Waals surface area contributed by atoms with Crippen molar-refractivity contribution >= 4 is 17.4 Å². The lowest BCUT2D eigenvalue weighted by atomic mass is 10.2. The fourth-order valence-corrected chi connectivity index (χ4v) is 1.81. The molecule has 118 valence electrons. The van der Waals surface area contributed by atoms with E-state index in [0.29, 0.717) is 17.8 Å². The van der Waals surface area contributed by atoms with Gasteiger partial charge in [0.05, 0.1) is 18.4 Å². The standard InChI is InChI=1S/C17H18N4O2/c1-12(2)15(18)8-16(22)17(23)20-14-9-19-21(11-14)10-13-6-4-3-5-7-13/h3-9,11H,1,10,18H2,2H3,(H,20,23). The molecular formula is C17H18N4O2. The molecular weight excluding hydrogens is 292 g/mol. The van der Waals surface area contributed by atoms with Crippen LogP contribution in [0.5, 0.6) is 0 Å². The molecule has 0 aliphatic carbocycles. The van der Waals surface area contributed by atoms with Crippen LogP contribution in [0.15, 0.2) is 66.7 Å². The molecule has 0 radical (unpaired) electrons. The maximum absolute atomic E-state index is 11.8. The molecule has 6 nitrogen and oxygen atoms in total. The summed E-state index contributed by atoms with van der Waals surface area (Å²) in [4.78, 5) is 23.5. The molecule has 0 aliphatic heterocycles. The Morgan fingerprint density at radius 2 is 2.04 bits per heavy atom. The van der Waals surface area contributed by atoms with Crippen LogP contribution in [0.4, 0.5) is 5.69 Å². The normalized spacial score (nSPS) is 11.1. The largest absolute Gasteiger partial charge is 0.398 e. The summed E-state index contributed by atoms with van der Waals surface area (Å²) in [5.41, 5.74) is 7.83. The van der Waals surface area contributed by atoms with E-state index in [1.807, 2.05) is 30.3 Å². The van der Waals surface area contributed by atoms with Gasteiger partial charge in [0.25, 0.3) is 5.91 Å². The van der Waals surface area contributed by atoms with Gasteiger partial charge < -0.3 is 11.1 Å². The van der Waals surface area contributed by atoms with E-state index >= 15 is 0 Å². The Kier molecular flexibility index (Phi) is 5.09. The highest BCUT2D eigenvalue weighted by molar-refractivity contribution is 6.44. The highest BCUT2D eigenvalue weighted by Gasteiger charge is 2.13. The fourth-order valence-electron chi connectivity index (χ4n) is 1.81. The highest BCUT2D eigenvalue weighted by atomic mass is 16.2. The number of amides is 1. The number of hydrogen-bond donors (Lipinski definition) is 2. The summed E-state index contributed by atoms with van der Waals surface area (Å²) in [6.07, 6.45) is 4.20. The third kappa shape index (κ3) is 4.67. The van der Waals surface area contributed by atoms with E-state index in [9.17, 15) is 9.59 Å². The number of aromatic nitrogens is 2. The Hall–Kier alpha value is -3.15. The van der Waals surface area contributed by atoms with Crippen molar-refractivity contribution < 1.29 is 9.59 Å². The number of nitrogens with zero attached hydrogens (tertiary/aromatic N) is 2. The first-order valence-electron chi connectivity index (χ1n) is 7.00. The molecule has 1 amide bonds. The van der Waals surface area contributed by atoms with Crippen molar-refractivity contribution in [2.75, 3.05) is 5.32 Å². The van der Waals surface area contributed by atoms with Gasteiger partial charge in [0.15, 0.2) is 0 Å². The van der Waals surface area contributed by atoms with Gasteiger partial charge >= 0.3 is 0 Å². The number of benzene rings is 1. The van der Waals surface area contributed by atoms with Gasteiger partial charge in [0, 0.05) is 18.0 Å². The van der Waals surface area contributed by atoms with Gasteiger partial charge in [-0.05, 0) is 18.1 Å². The van der Waals surface area contributed by atoms with Crippen LogP contribution >= 0.6 is 0 Å². The molecule has 3 N–H and O–H groups in total. The van der Waals surface area contributed by atoms with Gasteiger partial charge in [-0.15, -0.1) is 0 Å². The fraction of sp³-hybridized carbons (Fsp3) is 0.118. The molecule has 2 aromatic rings. The first-order chi connectivity index (χ1) is 11.0. The molecule has 0 spiro atoms. The molecule has 0 saturated heterocycles. The van der Waals surface area contributed by atoms with E-state index in [0.717, 1.165) is 11.6 Å². The molecule has 0 fully saturated rings. The highest BCUT2D eigenvalue weighted by Crippen LogP contribution is 2.08. The number of anilines is 1. The molecule has 0 unspecified atom stereocenters. The van der Waals surface area contributed by atoms with Gasteiger partial charge in [-0.2, -0.15) is 5.10 Å². The SMILES string of the molecule is C=C(C)C(N)=CC(=O)C(=O)Nc1cnn(Cc2ccccc2)c1. The quantitative estimate of drug-likeness (QED) is 0.484. The number of ketones is 1. The molecule has 1 heterocycles. The number of carbonyl (C=O) groups excluding carboxylic acids is 2. The molecule has 2 rings (SSSR count). The Bertz CT molecular complexity index is 760. The Balaban J connectivity index is 1.99. The second kappa shape index (κ2) is 7.22. The number of nitrogens with one attached hydrogen (secondary N) is 1. The summed E-state index contributed by atoms with van der Waals surface area (Å²) in [5, 5.41) is 6.64. The van der Waals surface area contributed by atoms with E-state index in [1.54, 1.807) is 17.8 Å². The minimum Gasteiger partial charge on any atom is -0.398 e. The lowest BCUT2D eigenvalue weighted by molar-refractivity contribution is -0.132. The molecule has 0 aliphatic rings. The second-order valence-electron chi connectivity index (χ2n) is 5.11. The van der Waals surface area contributed by atoms with Crippen LogP contribution in [-0.2, 0) is 16.1 Å². The van der Waals surface area contributed by atoms with Crippen molar-refractivity contribution in [2.24, 2.45) is 5.73 Å². The first kappa shape index (κ1) is 16.2. The van der Waals surface area contributed by atoms with Gasteiger partial charge in [-0.3, -0.25) is 14.3 Å². The first-order valence-corrected chi connectivity index (χ1v) is 7.00. The zero-order valence-corrected chi connectivity index (χ0v) is 12.8. The number of hydrogen-bond acceptors (Lipinski definition) is 4. The average Bonchev–Trinajstić information content (AvgIpc) is 2.95.